The van der Waals surface area contributed by atoms with Crippen molar-refractivity contribution in [2.75, 3.05) is 0 Å². The zero-order valence-corrected chi connectivity index (χ0v) is 25.6. The number of para-hydroxylation sites is 2. The standard InChI is InChI=1S/C43H29N3/c1-43(2)36-25-39-35(24-34(36)32-22-21-27-12-5-6-14-30(27)40(32)43)31-15-8-10-18-38(31)46(39)42-44-37-17-9-7-16-33(37)41(45-42)29-20-19-26-11-3-4-13-28(26)23-29/h3-25H,1-2H3. The van der Waals surface area contributed by atoms with Gasteiger partial charge in [0.25, 0.3) is 0 Å². The first kappa shape index (κ1) is 25.5. The van der Waals surface area contributed by atoms with Crippen LogP contribution in [0.3, 0.4) is 0 Å². The molecule has 46 heavy (non-hydrogen) atoms. The first-order valence-corrected chi connectivity index (χ1v) is 15.9. The first-order chi connectivity index (χ1) is 22.6. The highest BCUT2D eigenvalue weighted by Gasteiger charge is 2.38. The van der Waals surface area contributed by atoms with Crippen LogP contribution in [-0.2, 0) is 5.41 Å². The highest BCUT2D eigenvalue weighted by molar-refractivity contribution is 6.12. The van der Waals surface area contributed by atoms with Crippen LogP contribution in [0.25, 0.3) is 82.6 Å². The molecule has 0 fully saturated rings. The van der Waals surface area contributed by atoms with Crippen LogP contribution in [0.2, 0.25) is 0 Å². The summed E-state index contributed by atoms with van der Waals surface area (Å²) >= 11 is 0. The Kier molecular flexibility index (Phi) is 5.06. The number of fused-ring (bicyclic) bond motifs is 10. The number of benzene rings is 7. The second kappa shape index (κ2) is 9.12. The molecular formula is C43H29N3. The largest absolute Gasteiger partial charge is 0.278 e. The SMILES string of the molecule is CC1(C)c2cc3c(cc2-c2ccc4ccccc4c21)c1ccccc1n3-c1nc(-c2ccc3ccccc3c2)c2ccccc2n1. The van der Waals surface area contributed by atoms with Gasteiger partial charge in [0.2, 0.25) is 5.95 Å². The van der Waals surface area contributed by atoms with E-state index in [1.807, 2.05) is 0 Å². The molecule has 0 N–H and O–H groups in total. The predicted molar refractivity (Wildman–Crippen MR) is 192 cm³/mol. The molecule has 0 bridgehead atoms. The predicted octanol–water partition coefficient (Wildman–Crippen LogP) is 11.0. The third-order valence-electron chi connectivity index (χ3n) is 10.1. The molecule has 7 aromatic carbocycles. The van der Waals surface area contributed by atoms with E-state index in [1.54, 1.807) is 0 Å². The monoisotopic (exact) mass is 587 g/mol. The second-order valence-electron chi connectivity index (χ2n) is 13.1. The van der Waals surface area contributed by atoms with E-state index in [1.165, 1.54) is 54.6 Å². The Morgan fingerprint density at radius 2 is 1.20 bits per heavy atom. The molecule has 2 aromatic heterocycles. The second-order valence-corrected chi connectivity index (χ2v) is 13.1. The Morgan fingerprint density at radius 1 is 0.500 bits per heavy atom. The highest BCUT2D eigenvalue weighted by atomic mass is 15.2. The molecule has 0 amide bonds. The van der Waals surface area contributed by atoms with Gasteiger partial charge in [-0.15, -0.1) is 0 Å². The summed E-state index contributed by atoms with van der Waals surface area (Å²) in [5.74, 6) is 0.687. The minimum Gasteiger partial charge on any atom is -0.278 e. The van der Waals surface area contributed by atoms with Crippen molar-refractivity contribution in [2.45, 2.75) is 19.3 Å². The average molecular weight is 588 g/mol. The number of nitrogens with zero attached hydrogens (tertiary/aromatic N) is 3. The summed E-state index contributed by atoms with van der Waals surface area (Å²) in [5.41, 5.74) is 10.4. The van der Waals surface area contributed by atoms with E-state index in [4.69, 9.17) is 9.97 Å². The van der Waals surface area contributed by atoms with Gasteiger partial charge in [-0.1, -0.05) is 123 Å². The Labute approximate surface area is 266 Å². The lowest BCUT2D eigenvalue weighted by atomic mass is 9.80. The highest BCUT2D eigenvalue weighted by Crippen LogP contribution is 2.53. The van der Waals surface area contributed by atoms with E-state index in [2.05, 4.69) is 158 Å². The fraction of sp³-hybridized carbons (Fsp3) is 0.0698. The molecule has 1 aliphatic rings. The maximum Gasteiger partial charge on any atom is 0.235 e. The van der Waals surface area contributed by atoms with Crippen LogP contribution in [0.5, 0.6) is 0 Å². The van der Waals surface area contributed by atoms with Crippen LogP contribution in [0.1, 0.15) is 25.0 Å². The number of hydrogen-bond donors (Lipinski definition) is 0. The number of aromatic nitrogens is 3. The molecular weight excluding hydrogens is 558 g/mol. The minimum absolute atomic E-state index is 0.165. The van der Waals surface area contributed by atoms with Gasteiger partial charge < -0.3 is 0 Å². The van der Waals surface area contributed by atoms with Crippen LogP contribution in [0.4, 0.5) is 0 Å². The van der Waals surface area contributed by atoms with Gasteiger partial charge >= 0.3 is 0 Å². The fourth-order valence-corrected chi connectivity index (χ4v) is 8.00. The van der Waals surface area contributed by atoms with E-state index in [9.17, 15) is 0 Å². The summed E-state index contributed by atoms with van der Waals surface area (Å²) < 4.78 is 2.28. The van der Waals surface area contributed by atoms with Crippen LogP contribution in [0, 0.1) is 0 Å². The van der Waals surface area contributed by atoms with Gasteiger partial charge in [0.15, 0.2) is 0 Å². The molecule has 3 nitrogen and oxygen atoms in total. The Bertz CT molecular complexity index is 2730. The summed E-state index contributed by atoms with van der Waals surface area (Å²) in [5, 5.41) is 8.51. The van der Waals surface area contributed by atoms with Crippen molar-refractivity contribution in [2.24, 2.45) is 0 Å². The van der Waals surface area contributed by atoms with Gasteiger partial charge in [0.05, 0.1) is 22.2 Å². The molecule has 0 atom stereocenters. The van der Waals surface area contributed by atoms with Crippen molar-refractivity contribution in [1.82, 2.24) is 14.5 Å². The van der Waals surface area contributed by atoms with Crippen LogP contribution in [-0.4, -0.2) is 14.5 Å². The number of hydrogen-bond acceptors (Lipinski definition) is 2. The van der Waals surface area contributed by atoms with Crippen LogP contribution >= 0.6 is 0 Å². The maximum atomic E-state index is 5.38. The quantitative estimate of drug-likeness (QED) is 0.201. The zero-order chi connectivity index (χ0) is 30.6. The molecule has 0 aliphatic heterocycles. The summed E-state index contributed by atoms with van der Waals surface area (Å²) in [4.78, 5) is 10.6. The topological polar surface area (TPSA) is 30.7 Å². The van der Waals surface area contributed by atoms with Gasteiger partial charge in [-0.3, -0.25) is 4.57 Å². The van der Waals surface area contributed by atoms with Crippen molar-refractivity contribution in [3.05, 3.63) is 151 Å². The maximum absolute atomic E-state index is 5.38. The summed E-state index contributed by atoms with van der Waals surface area (Å²) in [6.45, 7) is 4.74. The molecule has 0 spiro atoms. The third-order valence-corrected chi connectivity index (χ3v) is 10.1. The average Bonchev–Trinajstić information content (AvgIpc) is 3.54. The van der Waals surface area contributed by atoms with Crippen molar-refractivity contribution in [1.29, 1.82) is 0 Å². The van der Waals surface area contributed by atoms with Gasteiger partial charge in [0.1, 0.15) is 0 Å². The summed E-state index contributed by atoms with van der Waals surface area (Å²) in [6.07, 6.45) is 0. The Hall–Kier alpha value is -5.80. The van der Waals surface area contributed by atoms with E-state index in [0.29, 0.717) is 5.95 Å². The molecule has 0 radical (unpaired) electrons. The smallest absolute Gasteiger partial charge is 0.235 e. The van der Waals surface area contributed by atoms with E-state index in [-0.39, 0.29) is 5.41 Å². The number of rotatable bonds is 2. The van der Waals surface area contributed by atoms with Crippen molar-refractivity contribution in [3.63, 3.8) is 0 Å². The molecule has 1 aliphatic carbocycles. The molecule has 2 heterocycles. The molecule has 0 unspecified atom stereocenters. The summed E-state index contributed by atoms with van der Waals surface area (Å²) in [6, 6.07) is 50.3. The van der Waals surface area contributed by atoms with Gasteiger partial charge in [-0.05, 0) is 74.1 Å². The van der Waals surface area contributed by atoms with Crippen LogP contribution < -0.4 is 0 Å². The Balaban J connectivity index is 1.28. The molecule has 0 saturated carbocycles. The molecule has 9 aromatic rings. The minimum atomic E-state index is -0.165. The van der Waals surface area contributed by atoms with Gasteiger partial charge in [0, 0.05) is 27.1 Å². The van der Waals surface area contributed by atoms with E-state index in [0.717, 1.165) is 33.2 Å². The lowest BCUT2D eigenvalue weighted by Crippen LogP contribution is -2.15. The lowest BCUT2D eigenvalue weighted by molar-refractivity contribution is 0.667. The molecule has 3 heteroatoms. The van der Waals surface area contributed by atoms with E-state index >= 15 is 0 Å². The zero-order valence-electron chi connectivity index (χ0n) is 25.6. The molecule has 10 rings (SSSR count). The van der Waals surface area contributed by atoms with Crippen molar-refractivity contribution in [3.8, 4) is 28.3 Å². The summed E-state index contributed by atoms with van der Waals surface area (Å²) in [7, 11) is 0. The van der Waals surface area contributed by atoms with Crippen molar-refractivity contribution >= 4 is 54.3 Å². The van der Waals surface area contributed by atoms with Crippen LogP contribution in [0.15, 0.2) is 140 Å². The van der Waals surface area contributed by atoms with E-state index < -0.39 is 0 Å². The van der Waals surface area contributed by atoms with Crippen molar-refractivity contribution < 1.29 is 0 Å². The molecule has 216 valence electrons. The third kappa shape index (κ3) is 3.43. The molecule has 0 saturated heterocycles. The van der Waals surface area contributed by atoms with Gasteiger partial charge in [-0.2, -0.15) is 0 Å². The Morgan fingerprint density at radius 3 is 2.07 bits per heavy atom. The fourth-order valence-electron chi connectivity index (χ4n) is 8.00. The van der Waals surface area contributed by atoms with Gasteiger partial charge in [-0.25, -0.2) is 9.97 Å². The lowest BCUT2D eigenvalue weighted by Gasteiger charge is -2.23. The normalized spacial score (nSPS) is 13.6. The first-order valence-electron chi connectivity index (χ1n) is 15.9.